The first-order valence-electron chi connectivity index (χ1n) is 6.91. The molecule has 1 aliphatic heterocycles. The van der Waals surface area contributed by atoms with Crippen molar-refractivity contribution < 1.29 is 4.79 Å². The minimum absolute atomic E-state index is 0.137. The lowest BCUT2D eigenvalue weighted by atomic mass is 10.1. The highest BCUT2D eigenvalue weighted by Crippen LogP contribution is 2.25. The maximum Gasteiger partial charge on any atom is 0.244 e. The van der Waals surface area contributed by atoms with E-state index in [9.17, 15) is 4.79 Å². The molecule has 3 rings (SSSR count). The van der Waals surface area contributed by atoms with E-state index >= 15 is 0 Å². The predicted octanol–water partition coefficient (Wildman–Crippen LogP) is 1.24. The third kappa shape index (κ3) is 2.45. The second-order valence-corrected chi connectivity index (χ2v) is 5.42. The molecule has 1 amide bonds. The Morgan fingerprint density at radius 3 is 3.00 bits per heavy atom. The average Bonchev–Trinajstić information content (AvgIpc) is 3.11. The van der Waals surface area contributed by atoms with Crippen LogP contribution in [0, 0.1) is 13.8 Å². The highest BCUT2D eigenvalue weighted by molar-refractivity contribution is 5.76. The third-order valence-corrected chi connectivity index (χ3v) is 3.89. The third-order valence-electron chi connectivity index (χ3n) is 3.89. The van der Waals surface area contributed by atoms with Crippen molar-refractivity contribution in [1.82, 2.24) is 24.9 Å². The number of H-pyrrole nitrogens is 1. The van der Waals surface area contributed by atoms with Crippen LogP contribution in [0.3, 0.4) is 0 Å². The van der Waals surface area contributed by atoms with Gasteiger partial charge in [0.15, 0.2) is 0 Å². The van der Waals surface area contributed by atoms with Crippen LogP contribution < -0.4 is 0 Å². The Balaban J connectivity index is 1.63. The van der Waals surface area contributed by atoms with Gasteiger partial charge in [0, 0.05) is 36.6 Å². The van der Waals surface area contributed by atoms with E-state index in [-0.39, 0.29) is 5.91 Å². The zero-order valence-electron chi connectivity index (χ0n) is 11.8. The van der Waals surface area contributed by atoms with Gasteiger partial charge in [0.05, 0.1) is 5.69 Å². The van der Waals surface area contributed by atoms with Crippen molar-refractivity contribution in [3.8, 4) is 0 Å². The molecule has 6 heteroatoms. The van der Waals surface area contributed by atoms with Gasteiger partial charge in [0.25, 0.3) is 0 Å². The molecule has 0 aliphatic carbocycles. The van der Waals surface area contributed by atoms with Gasteiger partial charge in [-0.2, -0.15) is 10.2 Å². The van der Waals surface area contributed by atoms with Crippen LogP contribution in [0.2, 0.25) is 0 Å². The molecule has 1 N–H and O–H groups in total. The zero-order valence-corrected chi connectivity index (χ0v) is 11.8. The van der Waals surface area contributed by atoms with Gasteiger partial charge in [-0.3, -0.25) is 14.6 Å². The van der Waals surface area contributed by atoms with Crippen molar-refractivity contribution >= 4 is 5.91 Å². The summed E-state index contributed by atoms with van der Waals surface area (Å²) in [7, 11) is 0. The summed E-state index contributed by atoms with van der Waals surface area (Å²) in [6, 6.07) is 3.98. The van der Waals surface area contributed by atoms with Crippen molar-refractivity contribution in [3.63, 3.8) is 0 Å². The summed E-state index contributed by atoms with van der Waals surface area (Å²) < 4.78 is 1.78. The van der Waals surface area contributed by atoms with Crippen LogP contribution in [0.4, 0.5) is 0 Å². The van der Waals surface area contributed by atoms with Crippen LogP contribution in [-0.2, 0) is 11.3 Å². The van der Waals surface area contributed by atoms with E-state index < -0.39 is 0 Å². The first-order chi connectivity index (χ1) is 9.63. The number of hydrogen-bond acceptors (Lipinski definition) is 3. The zero-order chi connectivity index (χ0) is 14.1. The Bertz CT molecular complexity index is 601. The largest absolute Gasteiger partial charge is 0.340 e. The number of carbonyl (C=O) groups is 1. The van der Waals surface area contributed by atoms with Crippen LogP contribution >= 0.6 is 0 Å². The van der Waals surface area contributed by atoms with E-state index in [1.165, 1.54) is 0 Å². The van der Waals surface area contributed by atoms with Gasteiger partial charge in [-0.1, -0.05) is 0 Å². The molecule has 0 saturated carbocycles. The van der Waals surface area contributed by atoms with E-state index in [0.29, 0.717) is 12.5 Å². The highest BCUT2D eigenvalue weighted by atomic mass is 16.2. The minimum Gasteiger partial charge on any atom is -0.340 e. The number of aromatic amines is 1. The first kappa shape index (κ1) is 12.9. The minimum atomic E-state index is 0.137. The maximum atomic E-state index is 12.3. The predicted molar refractivity (Wildman–Crippen MR) is 74.2 cm³/mol. The lowest BCUT2D eigenvalue weighted by Crippen LogP contribution is -2.32. The summed E-state index contributed by atoms with van der Waals surface area (Å²) in [4.78, 5) is 14.2. The van der Waals surface area contributed by atoms with Crippen LogP contribution in [0.25, 0.3) is 0 Å². The van der Waals surface area contributed by atoms with Crippen molar-refractivity contribution in [1.29, 1.82) is 0 Å². The van der Waals surface area contributed by atoms with Gasteiger partial charge < -0.3 is 4.90 Å². The van der Waals surface area contributed by atoms with Gasteiger partial charge in [-0.05, 0) is 32.4 Å². The van der Waals surface area contributed by atoms with Crippen molar-refractivity contribution in [3.05, 3.63) is 35.4 Å². The monoisotopic (exact) mass is 273 g/mol. The summed E-state index contributed by atoms with van der Waals surface area (Å²) in [5, 5.41) is 11.3. The van der Waals surface area contributed by atoms with Crippen LogP contribution in [0.5, 0.6) is 0 Å². The molecule has 1 fully saturated rings. The number of amides is 1. The number of hydrogen-bond donors (Lipinski definition) is 1. The molecular weight excluding hydrogens is 254 g/mol. The fraction of sp³-hybridized carbons (Fsp3) is 0.500. The number of carbonyl (C=O) groups excluding carboxylic acids is 1. The first-order valence-corrected chi connectivity index (χ1v) is 6.91. The fourth-order valence-electron chi connectivity index (χ4n) is 2.80. The van der Waals surface area contributed by atoms with Gasteiger partial charge in [-0.25, -0.2) is 0 Å². The van der Waals surface area contributed by atoms with E-state index in [2.05, 4.69) is 15.3 Å². The molecule has 6 nitrogen and oxygen atoms in total. The van der Waals surface area contributed by atoms with E-state index in [1.807, 2.05) is 30.9 Å². The summed E-state index contributed by atoms with van der Waals surface area (Å²) in [6.07, 6.45) is 2.75. The molecule has 20 heavy (non-hydrogen) atoms. The molecule has 0 aromatic carbocycles. The number of nitrogens with zero attached hydrogens (tertiary/aromatic N) is 4. The molecule has 1 saturated heterocycles. The van der Waals surface area contributed by atoms with E-state index in [1.54, 1.807) is 10.9 Å². The molecule has 0 bridgehead atoms. The lowest BCUT2D eigenvalue weighted by molar-refractivity contribution is -0.131. The van der Waals surface area contributed by atoms with Crippen molar-refractivity contribution in [2.75, 3.05) is 13.1 Å². The maximum absolute atomic E-state index is 12.3. The number of likely N-dealkylation sites (tertiary alicyclic amines) is 1. The number of aromatic nitrogens is 4. The Morgan fingerprint density at radius 1 is 1.50 bits per heavy atom. The van der Waals surface area contributed by atoms with Crippen molar-refractivity contribution in [2.24, 2.45) is 0 Å². The number of nitrogens with one attached hydrogen (secondary N) is 1. The van der Waals surface area contributed by atoms with Crippen LogP contribution in [-0.4, -0.2) is 43.9 Å². The molecule has 1 aliphatic rings. The SMILES string of the molecule is Cc1cc(C)n(CC(=O)N2CCC(c3ccn[nH]3)C2)n1. The van der Waals surface area contributed by atoms with Gasteiger partial charge in [0.2, 0.25) is 5.91 Å². The number of aryl methyl sites for hydroxylation is 2. The average molecular weight is 273 g/mol. The second-order valence-electron chi connectivity index (χ2n) is 5.42. The second kappa shape index (κ2) is 5.11. The Labute approximate surface area is 117 Å². The Hall–Kier alpha value is -2.11. The smallest absolute Gasteiger partial charge is 0.244 e. The fourth-order valence-corrected chi connectivity index (χ4v) is 2.80. The Kier molecular flexibility index (Phi) is 3.30. The van der Waals surface area contributed by atoms with Crippen LogP contribution in [0.15, 0.2) is 18.3 Å². The summed E-state index contributed by atoms with van der Waals surface area (Å²) >= 11 is 0. The van der Waals surface area contributed by atoms with Crippen LogP contribution in [0.1, 0.15) is 29.4 Å². The molecule has 2 aromatic heterocycles. The molecule has 1 atom stereocenters. The van der Waals surface area contributed by atoms with Crippen molar-refractivity contribution in [2.45, 2.75) is 32.7 Å². The highest BCUT2D eigenvalue weighted by Gasteiger charge is 2.28. The quantitative estimate of drug-likeness (QED) is 0.915. The molecule has 0 spiro atoms. The van der Waals surface area contributed by atoms with E-state index in [4.69, 9.17) is 0 Å². The van der Waals surface area contributed by atoms with Gasteiger partial charge in [0.1, 0.15) is 6.54 Å². The molecular formula is C14H19N5O. The molecule has 2 aromatic rings. The summed E-state index contributed by atoms with van der Waals surface area (Å²) in [5.41, 5.74) is 3.10. The summed E-state index contributed by atoms with van der Waals surface area (Å²) in [5.74, 6) is 0.514. The molecule has 3 heterocycles. The van der Waals surface area contributed by atoms with E-state index in [0.717, 1.165) is 36.6 Å². The standard InChI is InChI=1S/C14H19N5O/c1-10-7-11(2)19(17-10)9-14(20)18-6-4-12(8-18)13-3-5-15-16-13/h3,5,7,12H,4,6,8-9H2,1-2H3,(H,15,16). The van der Waals surface area contributed by atoms with Gasteiger partial charge in [-0.15, -0.1) is 0 Å². The Morgan fingerprint density at radius 2 is 2.35 bits per heavy atom. The number of rotatable bonds is 3. The summed E-state index contributed by atoms with van der Waals surface area (Å²) in [6.45, 7) is 5.82. The topological polar surface area (TPSA) is 66.8 Å². The molecule has 0 radical (unpaired) electrons. The lowest BCUT2D eigenvalue weighted by Gasteiger charge is -2.16. The molecule has 1 unspecified atom stereocenters. The normalized spacial score (nSPS) is 18.7. The van der Waals surface area contributed by atoms with Gasteiger partial charge >= 0.3 is 0 Å². The molecule has 106 valence electrons.